The molecular formula is C21H21N3O4S. The standard InChI is InChI=1S/C21H21N3O4S/c1-11-13(3)29-20-17(11)19(26)22-18(23-20)12(2)28-21(27)14-7-4-5-8-15(14)24-10-6-9-16(24)25/h4-5,7-8,12H,6,9-10H2,1-3H3,(H,22,23,26)/t12-/m1/s1. The summed E-state index contributed by atoms with van der Waals surface area (Å²) in [5, 5.41) is 0.577. The van der Waals surface area contributed by atoms with Gasteiger partial charge in [-0.05, 0) is 44.9 Å². The number of rotatable bonds is 4. The number of benzene rings is 1. The second-order valence-electron chi connectivity index (χ2n) is 7.13. The minimum absolute atomic E-state index is 0.00168. The molecule has 3 heterocycles. The van der Waals surface area contributed by atoms with Crippen LogP contribution < -0.4 is 10.5 Å². The van der Waals surface area contributed by atoms with Crippen LogP contribution in [0.15, 0.2) is 29.1 Å². The number of aromatic nitrogens is 2. The highest BCUT2D eigenvalue weighted by molar-refractivity contribution is 7.18. The molecule has 0 aliphatic carbocycles. The Hall–Kier alpha value is -3.00. The van der Waals surface area contributed by atoms with E-state index in [0.717, 1.165) is 16.9 Å². The van der Waals surface area contributed by atoms with E-state index in [2.05, 4.69) is 9.97 Å². The Morgan fingerprint density at radius 1 is 1.28 bits per heavy atom. The van der Waals surface area contributed by atoms with Crippen LogP contribution in [0, 0.1) is 13.8 Å². The van der Waals surface area contributed by atoms with E-state index < -0.39 is 12.1 Å². The third-order valence-electron chi connectivity index (χ3n) is 5.21. The van der Waals surface area contributed by atoms with E-state index in [-0.39, 0.29) is 11.5 Å². The lowest BCUT2D eigenvalue weighted by Crippen LogP contribution is -2.26. The number of esters is 1. The third-order valence-corrected chi connectivity index (χ3v) is 6.32. The monoisotopic (exact) mass is 411 g/mol. The van der Waals surface area contributed by atoms with Crippen molar-refractivity contribution >= 4 is 39.1 Å². The minimum Gasteiger partial charge on any atom is -0.451 e. The van der Waals surface area contributed by atoms with Gasteiger partial charge in [0.05, 0.1) is 16.6 Å². The van der Waals surface area contributed by atoms with Gasteiger partial charge in [0, 0.05) is 17.8 Å². The molecule has 4 rings (SSSR count). The lowest BCUT2D eigenvalue weighted by Gasteiger charge is -2.20. The summed E-state index contributed by atoms with van der Waals surface area (Å²) >= 11 is 1.44. The average Bonchev–Trinajstić information content (AvgIpc) is 3.24. The van der Waals surface area contributed by atoms with Crippen molar-refractivity contribution < 1.29 is 14.3 Å². The zero-order valence-electron chi connectivity index (χ0n) is 16.4. The first-order valence-electron chi connectivity index (χ1n) is 9.47. The summed E-state index contributed by atoms with van der Waals surface area (Å²) in [6.45, 7) is 6.09. The van der Waals surface area contributed by atoms with E-state index in [1.165, 1.54) is 11.3 Å². The molecule has 1 aliphatic heterocycles. The molecule has 1 aromatic carbocycles. The van der Waals surface area contributed by atoms with Crippen LogP contribution in [0.25, 0.3) is 10.2 Å². The van der Waals surface area contributed by atoms with Gasteiger partial charge in [-0.1, -0.05) is 12.1 Å². The maximum Gasteiger partial charge on any atom is 0.340 e. The van der Waals surface area contributed by atoms with Crippen LogP contribution in [-0.4, -0.2) is 28.4 Å². The third kappa shape index (κ3) is 3.44. The number of para-hydroxylation sites is 1. The SMILES string of the molecule is Cc1sc2nc([C@@H](C)OC(=O)c3ccccc3N3CCCC3=O)[nH]c(=O)c2c1C. The first-order chi connectivity index (χ1) is 13.9. The predicted molar refractivity (Wildman–Crippen MR) is 112 cm³/mol. The Kier molecular flexibility index (Phi) is 4.96. The molecule has 0 spiro atoms. The number of hydrogen-bond donors (Lipinski definition) is 1. The van der Waals surface area contributed by atoms with E-state index in [1.807, 2.05) is 13.8 Å². The molecule has 1 saturated heterocycles. The topological polar surface area (TPSA) is 92.4 Å². The van der Waals surface area contributed by atoms with Crippen molar-refractivity contribution in [3.05, 3.63) is 56.4 Å². The predicted octanol–water partition coefficient (Wildman–Crippen LogP) is 3.65. The molecule has 0 unspecified atom stereocenters. The van der Waals surface area contributed by atoms with Crippen molar-refractivity contribution in [3.63, 3.8) is 0 Å². The Balaban J connectivity index is 1.62. The molecular weight excluding hydrogens is 390 g/mol. The molecule has 7 nitrogen and oxygen atoms in total. The summed E-state index contributed by atoms with van der Waals surface area (Å²) in [4.78, 5) is 47.9. The number of nitrogens with zero attached hydrogens (tertiary/aromatic N) is 2. The summed E-state index contributed by atoms with van der Waals surface area (Å²) < 4.78 is 5.59. The minimum atomic E-state index is -0.746. The van der Waals surface area contributed by atoms with Crippen molar-refractivity contribution in [1.82, 2.24) is 9.97 Å². The number of anilines is 1. The largest absolute Gasteiger partial charge is 0.451 e. The Morgan fingerprint density at radius 2 is 2.03 bits per heavy atom. The van der Waals surface area contributed by atoms with Gasteiger partial charge in [-0.2, -0.15) is 0 Å². The summed E-state index contributed by atoms with van der Waals surface area (Å²) in [6, 6.07) is 6.90. The van der Waals surface area contributed by atoms with Gasteiger partial charge in [-0.15, -0.1) is 11.3 Å². The highest BCUT2D eigenvalue weighted by Crippen LogP contribution is 2.29. The van der Waals surface area contributed by atoms with E-state index in [1.54, 1.807) is 36.1 Å². The second kappa shape index (κ2) is 7.44. The number of thiophene rings is 1. The number of nitrogens with one attached hydrogen (secondary N) is 1. The van der Waals surface area contributed by atoms with Gasteiger partial charge in [-0.3, -0.25) is 9.59 Å². The van der Waals surface area contributed by atoms with E-state index in [4.69, 9.17) is 4.74 Å². The number of ether oxygens (including phenoxy) is 1. The van der Waals surface area contributed by atoms with Crippen LogP contribution in [0.1, 0.15) is 52.5 Å². The quantitative estimate of drug-likeness (QED) is 0.662. The van der Waals surface area contributed by atoms with Gasteiger partial charge in [0.1, 0.15) is 4.83 Å². The summed E-state index contributed by atoms with van der Waals surface area (Å²) in [6.07, 6.45) is 0.498. The molecule has 0 saturated carbocycles. The molecule has 0 radical (unpaired) electrons. The van der Waals surface area contributed by atoms with E-state index in [0.29, 0.717) is 40.3 Å². The van der Waals surface area contributed by atoms with Crippen molar-refractivity contribution in [1.29, 1.82) is 0 Å². The summed E-state index contributed by atoms with van der Waals surface area (Å²) in [5.74, 6) is -0.265. The zero-order valence-corrected chi connectivity index (χ0v) is 17.3. The molecule has 29 heavy (non-hydrogen) atoms. The average molecular weight is 411 g/mol. The maximum atomic E-state index is 12.8. The molecule has 8 heteroatoms. The van der Waals surface area contributed by atoms with Gasteiger partial charge in [0.2, 0.25) is 5.91 Å². The van der Waals surface area contributed by atoms with Crippen LogP contribution in [0.4, 0.5) is 5.69 Å². The molecule has 1 amide bonds. The number of H-pyrrole nitrogens is 1. The summed E-state index contributed by atoms with van der Waals surface area (Å²) in [5.41, 5.74) is 1.55. The van der Waals surface area contributed by atoms with Crippen LogP contribution in [0.3, 0.4) is 0 Å². The first kappa shape index (κ1) is 19.3. The smallest absolute Gasteiger partial charge is 0.340 e. The zero-order chi connectivity index (χ0) is 20.7. The molecule has 1 fully saturated rings. The fourth-order valence-electron chi connectivity index (χ4n) is 3.53. The number of fused-ring (bicyclic) bond motifs is 1. The number of aromatic amines is 1. The van der Waals surface area contributed by atoms with Gasteiger partial charge in [-0.25, -0.2) is 9.78 Å². The Bertz CT molecular complexity index is 1180. The van der Waals surface area contributed by atoms with Crippen molar-refractivity contribution in [2.75, 3.05) is 11.4 Å². The van der Waals surface area contributed by atoms with Gasteiger partial charge >= 0.3 is 5.97 Å². The normalized spacial score (nSPS) is 15.1. The van der Waals surface area contributed by atoms with Crippen LogP contribution >= 0.6 is 11.3 Å². The van der Waals surface area contributed by atoms with E-state index in [9.17, 15) is 14.4 Å². The first-order valence-corrected chi connectivity index (χ1v) is 10.3. The second-order valence-corrected chi connectivity index (χ2v) is 8.33. The fourth-order valence-corrected chi connectivity index (χ4v) is 4.57. The molecule has 1 atom stereocenters. The van der Waals surface area contributed by atoms with Gasteiger partial charge < -0.3 is 14.6 Å². The van der Waals surface area contributed by atoms with Crippen molar-refractivity contribution in [2.45, 2.75) is 39.7 Å². The molecule has 1 N–H and O–H groups in total. The maximum absolute atomic E-state index is 12.8. The Labute approximate surface area is 171 Å². The lowest BCUT2D eigenvalue weighted by molar-refractivity contribution is -0.117. The van der Waals surface area contributed by atoms with Crippen LogP contribution in [-0.2, 0) is 9.53 Å². The van der Waals surface area contributed by atoms with E-state index >= 15 is 0 Å². The van der Waals surface area contributed by atoms with Crippen LogP contribution in [0.5, 0.6) is 0 Å². The lowest BCUT2D eigenvalue weighted by atomic mass is 10.1. The Morgan fingerprint density at radius 3 is 2.76 bits per heavy atom. The number of aryl methyl sites for hydroxylation is 2. The van der Waals surface area contributed by atoms with Gasteiger partial charge in [0.25, 0.3) is 5.56 Å². The number of hydrogen-bond acceptors (Lipinski definition) is 6. The number of carbonyl (C=O) groups excluding carboxylic acids is 2. The molecule has 2 aromatic heterocycles. The van der Waals surface area contributed by atoms with Crippen molar-refractivity contribution in [2.24, 2.45) is 0 Å². The fraction of sp³-hybridized carbons (Fsp3) is 0.333. The van der Waals surface area contributed by atoms with Gasteiger partial charge in [0.15, 0.2) is 11.9 Å². The molecule has 0 bridgehead atoms. The number of amides is 1. The highest BCUT2D eigenvalue weighted by atomic mass is 32.1. The highest BCUT2D eigenvalue weighted by Gasteiger charge is 2.27. The summed E-state index contributed by atoms with van der Waals surface area (Å²) in [7, 11) is 0. The van der Waals surface area contributed by atoms with Crippen LogP contribution in [0.2, 0.25) is 0 Å². The molecule has 1 aliphatic rings. The molecule has 150 valence electrons. The number of carbonyl (C=O) groups is 2. The van der Waals surface area contributed by atoms with Crippen molar-refractivity contribution in [3.8, 4) is 0 Å². The molecule has 3 aromatic rings.